The van der Waals surface area contributed by atoms with Gasteiger partial charge in [-0.25, -0.2) is 0 Å². The Labute approximate surface area is 95.3 Å². The van der Waals surface area contributed by atoms with Crippen LogP contribution in [0.1, 0.15) is 25.5 Å². The van der Waals surface area contributed by atoms with E-state index >= 15 is 0 Å². The van der Waals surface area contributed by atoms with Crippen molar-refractivity contribution < 1.29 is 4.79 Å². The molecule has 1 amide bonds. The summed E-state index contributed by atoms with van der Waals surface area (Å²) in [4.78, 5) is 11.1. The quantitative estimate of drug-likeness (QED) is 0.765. The highest BCUT2D eigenvalue weighted by molar-refractivity contribution is 5.86. The molecule has 2 heteroatoms. The lowest BCUT2D eigenvalue weighted by Gasteiger charge is -2.15. The van der Waals surface area contributed by atoms with E-state index in [9.17, 15) is 4.79 Å². The van der Waals surface area contributed by atoms with E-state index in [1.165, 1.54) is 10.8 Å². The maximum absolute atomic E-state index is 11.1. The van der Waals surface area contributed by atoms with Gasteiger partial charge < -0.3 is 5.32 Å². The zero-order valence-electron chi connectivity index (χ0n) is 9.53. The summed E-state index contributed by atoms with van der Waals surface area (Å²) < 4.78 is 0. The van der Waals surface area contributed by atoms with Crippen molar-refractivity contribution in [1.29, 1.82) is 0 Å². The van der Waals surface area contributed by atoms with Crippen LogP contribution in [0.2, 0.25) is 0 Å². The fraction of sp³-hybridized carbons (Fsp3) is 0.214. The lowest BCUT2D eigenvalue weighted by Crippen LogP contribution is -2.23. The minimum Gasteiger partial charge on any atom is -0.350 e. The second kappa shape index (κ2) is 4.35. The number of hydrogen-bond donors (Lipinski definition) is 1. The largest absolute Gasteiger partial charge is 0.350 e. The molecule has 16 heavy (non-hydrogen) atoms. The van der Waals surface area contributed by atoms with Gasteiger partial charge in [-0.1, -0.05) is 42.5 Å². The summed E-state index contributed by atoms with van der Waals surface area (Å²) in [5.74, 6) is 0.000402. The third-order valence-electron chi connectivity index (χ3n) is 2.71. The van der Waals surface area contributed by atoms with Crippen molar-refractivity contribution in [3.63, 3.8) is 0 Å². The van der Waals surface area contributed by atoms with Crippen LogP contribution in [0.5, 0.6) is 0 Å². The molecule has 2 rings (SSSR count). The molecular weight excluding hydrogens is 199 g/mol. The Morgan fingerprint density at radius 2 is 1.81 bits per heavy atom. The highest BCUT2D eigenvalue weighted by atomic mass is 16.2. The maximum atomic E-state index is 11.1. The molecule has 0 fully saturated rings. The minimum atomic E-state index is 0.000402. The van der Waals surface area contributed by atoms with Crippen LogP contribution in [-0.4, -0.2) is 5.91 Å². The number of fused-ring (bicyclic) bond motifs is 1. The fourth-order valence-corrected chi connectivity index (χ4v) is 2.01. The third kappa shape index (κ3) is 2.06. The molecule has 2 nitrogen and oxygen atoms in total. The van der Waals surface area contributed by atoms with Crippen LogP contribution in [0.4, 0.5) is 0 Å². The van der Waals surface area contributed by atoms with Gasteiger partial charge in [0.25, 0.3) is 0 Å². The molecule has 0 aromatic heterocycles. The van der Waals surface area contributed by atoms with Crippen molar-refractivity contribution in [2.45, 2.75) is 19.9 Å². The maximum Gasteiger partial charge on any atom is 0.217 e. The van der Waals surface area contributed by atoms with Crippen LogP contribution in [0, 0.1) is 0 Å². The fourth-order valence-electron chi connectivity index (χ4n) is 2.01. The molecule has 0 aliphatic heterocycles. The molecule has 1 atom stereocenters. The van der Waals surface area contributed by atoms with Crippen LogP contribution in [0.15, 0.2) is 42.5 Å². The van der Waals surface area contributed by atoms with Gasteiger partial charge in [-0.15, -0.1) is 0 Å². The average molecular weight is 214 g/mol. The first-order chi connectivity index (χ1) is 7.68. The summed E-state index contributed by atoms with van der Waals surface area (Å²) in [6.07, 6.45) is 0. The molecular formula is C14H15NO. The summed E-state index contributed by atoms with van der Waals surface area (Å²) in [6, 6.07) is 14.4. The molecule has 0 aliphatic carbocycles. The monoisotopic (exact) mass is 214 g/mol. The first-order valence-electron chi connectivity index (χ1n) is 5.43. The Balaban J connectivity index is 2.47. The van der Waals surface area contributed by atoms with Crippen LogP contribution in [0.3, 0.4) is 0 Å². The summed E-state index contributed by atoms with van der Waals surface area (Å²) in [5.41, 5.74) is 1.16. The van der Waals surface area contributed by atoms with Gasteiger partial charge >= 0.3 is 0 Å². The van der Waals surface area contributed by atoms with Crippen molar-refractivity contribution in [2.75, 3.05) is 0 Å². The van der Waals surface area contributed by atoms with Gasteiger partial charge in [0.15, 0.2) is 0 Å². The van der Waals surface area contributed by atoms with E-state index < -0.39 is 0 Å². The lowest BCUT2D eigenvalue weighted by molar-refractivity contribution is -0.119. The topological polar surface area (TPSA) is 29.1 Å². The van der Waals surface area contributed by atoms with E-state index in [-0.39, 0.29) is 11.9 Å². The molecule has 0 radical (unpaired) electrons. The summed E-state index contributed by atoms with van der Waals surface area (Å²) >= 11 is 0. The second-order valence-electron chi connectivity index (χ2n) is 3.99. The van der Waals surface area contributed by atoms with E-state index in [4.69, 9.17) is 0 Å². The first-order valence-corrected chi connectivity index (χ1v) is 5.43. The number of rotatable bonds is 2. The molecule has 0 aliphatic rings. The second-order valence-corrected chi connectivity index (χ2v) is 3.99. The summed E-state index contributed by atoms with van der Waals surface area (Å²) in [7, 11) is 0. The van der Waals surface area contributed by atoms with Crippen molar-refractivity contribution in [2.24, 2.45) is 0 Å². The number of amides is 1. The van der Waals surface area contributed by atoms with Gasteiger partial charge in [0.1, 0.15) is 0 Å². The van der Waals surface area contributed by atoms with E-state index in [1.807, 2.05) is 25.1 Å². The zero-order chi connectivity index (χ0) is 11.5. The predicted molar refractivity (Wildman–Crippen MR) is 66.2 cm³/mol. The van der Waals surface area contributed by atoms with Gasteiger partial charge in [-0.05, 0) is 23.3 Å². The van der Waals surface area contributed by atoms with Gasteiger partial charge in [0.2, 0.25) is 5.91 Å². The first kappa shape index (κ1) is 10.7. The SMILES string of the molecule is C[C@H](NC([13CH3])=O)c1cccc2ccccc12. The normalized spacial score (nSPS) is 12.4. The van der Waals surface area contributed by atoms with E-state index in [2.05, 4.69) is 29.6 Å². The van der Waals surface area contributed by atoms with Crippen molar-refractivity contribution in [3.8, 4) is 0 Å². The lowest BCUT2D eigenvalue weighted by atomic mass is 10.00. The molecule has 2 aromatic carbocycles. The highest BCUT2D eigenvalue weighted by Crippen LogP contribution is 2.23. The Morgan fingerprint density at radius 3 is 2.56 bits per heavy atom. The molecule has 0 saturated heterocycles. The van der Waals surface area contributed by atoms with Gasteiger partial charge in [0, 0.05) is 6.92 Å². The van der Waals surface area contributed by atoms with Gasteiger partial charge in [-0.2, -0.15) is 0 Å². The van der Waals surface area contributed by atoms with Crippen molar-refractivity contribution in [3.05, 3.63) is 48.0 Å². The molecule has 0 unspecified atom stereocenters. The molecule has 1 N–H and O–H groups in total. The molecule has 0 bridgehead atoms. The van der Waals surface area contributed by atoms with E-state index in [1.54, 1.807) is 6.92 Å². The third-order valence-corrected chi connectivity index (χ3v) is 2.71. The number of nitrogens with one attached hydrogen (secondary N) is 1. The summed E-state index contributed by atoms with van der Waals surface area (Å²) in [6.45, 7) is 3.55. The smallest absolute Gasteiger partial charge is 0.217 e. The van der Waals surface area contributed by atoms with Gasteiger partial charge in [0.05, 0.1) is 6.04 Å². The Bertz CT molecular complexity index is 514. The standard InChI is InChI=1S/C14H15NO/c1-10(15-11(2)16)13-9-5-7-12-6-3-4-8-14(12)13/h3-10H,1-2H3,(H,15,16)/t10-/m0/s1/i2+1. The number of carbonyl (C=O) groups is 1. The van der Waals surface area contributed by atoms with Crippen LogP contribution in [0.25, 0.3) is 10.8 Å². The van der Waals surface area contributed by atoms with Gasteiger partial charge in [-0.3, -0.25) is 4.79 Å². The number of benzene rings is 2. The Morgan fingerprint density at radius 1 is 1.12 bits per heavy atom. The molecule has 82 valence electrons. The van der Waals surface area contributed by atoms with E-state index in [0.717, 1.165) is 5.56 Å². The van der Waals surface area contributed by atoms with Crippen LogP contribution < -0.4 is 5.32 Å². The summed E-state index contributed by atoms with van der Waals surface area (Å²) in [5, 5.41) is 5.32. The number of carbonyl (C=O) groups excluding carboxylic acids is 1. The Hall–Kier alpha value is -1.83. The zero-order valence-corrected chi connectivity index (χ0v) is 9.53. The minimum absolute atomic E-state index is 0.000402. The Kier molecular flexibility index (Phi) is 2.91. The molecule has 0 spiro atoms. The molecule has 0 saturated carbocycles. The number of hydrogen-bond acceptors (Lipinski definition) is 1. The van der Waals surface area contributed by atoms with Crippen LogP contribution >= 0.6 is 0 Å². The molecule has 2 aromatic rings. The molecule has 0 heterocycles. The van der Waals surface area contributed by atoms with Crippen molar-refractivity contribution >= 4 is 16.7 Å². The average Bonchev–Trinajstić information content (AvgIpc) is 2.27. The highest BCUT2D eigenvalue weighted by Gasteiger charge is 2.09. The van der Waals surface area contributed by atoms with Crippen LogP contribution in [-0.2, 0) is 4.79 Å². The predicted octanol–water partition coefficient (Wildman–Crippen LogP) is 3.04. The van der Waals surface area contributed by atoms with Crippen molar-refractivity contribution in [1.82, 2.24) is 5.32 Å². The van der Waals surface area contributed by atoms with E-state index in [0.29, 0.717) is 0 Å².